The smallest absolute Gasteiger partial charge is 0.159 e. The molecule has 0 aliphatic heterocycles. The zero-order chi connectivity index (χ0) is 13.8. The Morgan fingerprint density at radius 1 is 1.33 bits per heavy atom. The lowest BCUT2D eigenvalue weighted by Gasteiger charge is -2.09. The summed E-state index contributed by atoms with van der Waals surface area (Å²) in [6, 6.07) is 5.12. The Kier molecular flexibility index (Phi) is 4.90. The molecule has 0 spiro atoms. The molecule has 4 nitrogen and oxygen atoms in total. The third kappa shape index (κ3) is 4.14. The van der Waals surface area contributed by atoms with Crippen molar-refractivity contribution in [3.8, 4) is 5.75 Å². The molecule has 0 aliphatic rings. The largest absolute Gasteiger partial charge is 0.492 e. The highest BCUT2D eigenvalue weighted by Gasteiger charge is 2.09. The molecule has 0 aromatic heterocycles. The van der Waals surface area contributed by atoms with E-state index in [2.05, 4.69) is 0 Å². The van der Waals surface area contributed by atoms with E-state index < -0.39 is 9.84 Å². The quantitative estimate of drug-likeness (QED) is 0.742. The van der Waals surface area contributed by atoms with Gasteiger partial charge in [0.2, 0.25) is 0 Å². The van der Waals surface area contributed by atoms with Gasteiger partial charge in [0.15, 0.2) is 15.6 Å². The van der Waals surface area contributed by atoms with Crippen LogP contribution in [0.15, 0.2) is 18.2 Å². The van der Waals surface area contributed by atoms with Crippen LogP contribution in [0.5, 0.6) is 5.75 Å². The van der Waals surface area contributed by atoms with Gasteiger partial charge in [0.1, 0.15) is 12.4 Å². The van der Waals surface area contributed by atoms with Crippen molar-refractivity contribution < 1.29 is 17.9 Å². The second kappa shape index (κ2) is 6.00. The Morgan fingerprint density at radius 2 is 2.00 bits per heavy atom. The number of carbonyl (C=O) groups excluding carboxylic acids is 1. The molecule has 1 rings (SSSR count). The predicted molar refractivity (Wildman–Crippen MR) is 71.0 cm³/mol. The Morgan fingerprint density at radius 3 is 2.50 bits per heavy atom. The molecule has 1 aromatic rings. The average molecular weight is 270 g/mol. The molecule has 1 aromatic carbocycles. The molecular weight excluding hydrogens is 252 g/mol. The summed E-state index contributed by atoms with van der Waals surface area (Å²) in [5.41, 5.74) is 1.46. The van der Waals surface area contributed by atoms with Crippen molar-refractivity contribution in [1.82, 2.24) is 0 Å². The molecular formula is C13H18O4S. The monoisotopic (exact) mass is 270 g/mol. The van der Waals surface area contributed by atoms with Crippen LogP contribution in [0.1, 0.15) is 29.8 Å². The van der Waals surface area contributed by atoms with Gasteiger partial charge in [0, 0.05) is 11.3 Å². The van der Waals surface area contributed by atoms with Gasteiger partial charge in [-0.3, -0.25) is 4.79 Å². The summed E-state index contributed by atoms with van der Waals surface area (Å²) in [6.07, 6.45) is 0. The van der Waals surface area contributed by atoms with E-state index in [1.54, 1.807) is 25.1 Å². The number of aryl methyl sites for hydroxylation is 1. The lowest BCUT2D eigenvalue weighted by atomic mass is 10.1. The lowest BCUT2D eigenvalue weighted by molar-refractivity contribution is 0.101. The number of hydrogen-bond acceptors (Lipinski definition) is 4. The van der Waals surface area contributed by atoms with Gasteiger partial charge in [-0.25, -0.2) is 8.42 Å². The minimum Gasteiger partial charge on any atom is -0.492 e. The number of ether oxygens (including phenoxy) is 1. The molecule has 0 unspecified atom stereocenters. The van der Waals surface area contributed by atoms with Crippen LogP contribution in [0.4, 0.5) is 0 Å². The second-order valence-electron chi connectivity index (χ2n) is 4.12. The molecule has 18 heavy (non-hydrogen) atoms. The fourth-order valence-corrected chi connectivity index (χ4v) is 2.08. The first-order valence-corrected chi connectivity index (χ1v) is 7.62. The zero-order valence-electron chi connectivity index (χ0n) is 10.9. The van der Waals surface area contributed by atoms with Crippen molar-refractivity contribution in [2.75, 3.05) is 18.1 Å². The van der Waals surface area contributed by atoms with E-state index in [-0.39, 0.29) is 23.9 Å². The van der Waals surface area contributed by atoms with E-state index in [0.717, 1.165) is 5.56 Å². The Hall–Kier alpha value is -1.36. The number of ketones is 1. The normalized spacial score (nSPS) is 11.3. The zero-order valence-corrected chi connectivity index (χ0v) is 11.7. The summed E-state index contributed by atoms with van der Waals surface area (Å²) < 4.78 is 28.0. The van der Waals surface area contributed by atoms with Crippen molar-refractivity contribution in [3.05, 3.63) is 29.3 Å². The summed E-state index contributed by atoms with van der Waals surface area (Å²) in [4.78, 5) is 11.2. The summed E-state index contributed by atoms with van der Waals surface area (Å²) >= 11 is 0. The molecule has 5 heteroatoms. The van der Waals surface area contributed by atoms with Crippen molar-refractivity contribution in [2.24, 2.45) is 0 Å². The topological polar surface area (TPSA) is 60.4 Å². The van der Waals surface area contributed by atoms with Gasteiger partial charge < -0.3 is 4.74 Å². The first-order valence-electron chi connectivity index (χ1n) is 5.80. The van der Waals surface area contributed by atoms with Crippen molar-refractivity contribution in [3.63, 3.8) is 0 Å². The fraction of sp³-hybridized carbons (Fsp3) is 0.462. The summed E-state index contributed by atoms with van der Waals surface area (Å²) in [5.74, 6) is 0.750. The third-order valence-electron chi connectivity index (χ3n) is 2.67. The molecule has 0 amide bonds. The third-order valence-corrected chi connectivity index (χ3v) is 4.34. The maximum Gasteiger partial charge on any atom is 0.159 e. The number of carbonyl (C=O) groups is 1. The molecule has 0 radical (unpaired) electrons. The van der Waals surface area contributed by atoms with E-state index in [4.69, 9.17) is 4.74 Å². The van der Waals surface area contributed by atoms with Gasteiger partial charge in [0.25, 0.3) is 0 Å². The number of rotatable bonds is 6. The highest BCUT2D eigenvalue weighted by atomic mass is 32.2. The summed E-state index contributed by atoms with van der Waals surface area (Å²) in [5, 5.41) is 0. The van der Waals surface area contributed by atoms with Crippen LogP contribution in [-0.2, 0) is 9.84 Å². The maximum absolute atomic E-state index is 11.3. The van der Waals surface area contributed by atoms with Gasteiger partial charge in [-0.15, -0.1) is 0 Å². The first kappa shape index (κ1) is 14.7. The fourth-order valence-electron chi connectivity index (χ4n) is 1.45. The summed E-state index contributed by atoms with van der Waals surface area (Å²) in [6.45, 7) is 5.08. The van der Waals surface area contributed by atoms with Crippen molar-refractivity contribution in [2.45, 2.75) is 20.8 Å². The number of hydrogen-bond donors (Lipinski definition) is 0. The van der Waals surface area contributed by atoms with Crippen LogP contribution in [0, 0.1) is 6.92 Å². The van der Waals surface area contributed by atoms with Crippen LogP contribution in [0.2, 0.25) is 0 Å². The molecule has 0 atom stereocenters. The van der Waals surface area contributed by atoms with E-state index in [9.17, 15) is 13.2 Å². The van der Waals surface area contributed by atoms with E-state index >= 15 is 0 Å². The van der Waals surface area contributed by atoms with Gasteiger partial charge in [-0.05, 0) is 37.6 Å². The van der Waals surface area contributed by atoms with Crippen molar-refractivity contribution >= 4 is 15.6 Å². The lowest BCUT2D eigenvalue weighted by Crippen LogP contribution is -2.15. The van der Waals surface area contributed by atoms with Crippen LogP contribution in [-0.4, -0.2) is 32.3 Å². The van der Waals surface area contributed by atoms with Crippen LogP contribution < -0.4 is 4.74 Å². The second-order valence-corrected chi connectivity index (χ2v) is 6.59. The highest BCUT2D eigenvalue weighted by Crippen LogP contribution is 2.19. The van der Waals surface area contributed by atoms with E-state index in [1.165, 1.54) is 6.92 Å². The molecule has 0 bridgehead atoms. The van der Waals surface area contributed by atoms with Gasteiger partial charge >= 0.3 is 0 Å². The molecule has 0 fully saturated rings. The number of sulfone groups is 1. The average Bonchev–Trinajstić information content (AvgIpc) is 2.31. The van der Waals surface area contributed by atoms with E-state index in [1.807, 2.05) is 6.92 Å². The van der Waals surface area contributed by atoms with Crippen LogP contribution in [0.3, 0.4) is 0 Å². The standard InChI is InChI=1S/C13H18O4S/c1-4-18(15,16)8-7-17-13-6-5-12(11(3)14)9-10(13)2/h5-6,9H,4,7-8H2,1-3H3. The molecule has 100 valence electrons. The molecule has 0 N–H and O–H groups in total. The SMILES string of the molecule is CCS(=O)(=O)CCOc1ccc(C(C)=O)cc1C. The maximum atomic E-state index is 11.3. The van der Waals surface area contributed by atoms with Crippen LogP contribution in [0.25, 0.3) is 0 Å². The van der Waals surface area contributed by atoms with E-state index in [0.29, 0.717) is 11.3 Å². The minimum atomic E-state index is -3.00. The minimum absolute atomic E-state index is 0.00166. The Bertz CT molecular complexity index is 532. The van der Waals surface area contributed by atoms with Gasteiger partial charge in [0.05, 0.1) is 5.75 Å². The Labute approximate surface area is 108 Å². The van der Waals surface area contributed by atoms with Crippen LogP contribution >= 0.6 is 0 Å². The Balaban J connectivity index is 2.67. The number of Topliss-reactive ketones (excluding diaryl/α,β-unsaturated/α-hetero) is 1. The molecule has 0 heterocycles. The highest BCUT2D eigenvalue weighted by molar-refractivity contribution is 7.91. The summed E-state index contributed by atoms with van der Waals surface area (Å²) in [7, 11) is -3.00. The first-order chi connectivity index (χ1) is 8.35. The number of benzene rings is 1. The van der Waals surface area contributed by atoms with Crippen molar-refractivity contribution in [1.29, 1.82) is 0 Å². The van der Waals surface area contributed by atoms with Gasteiger partial charge in [-0.1, -0.05) is 6.92 Å². The molecule has 0 saturated carbocycles. The molecule has 0 saturated heterocycles. The van der Waals surface area contributed by atoms with Gasteiger partial charge in [-0.2, -0.15) is 0 Å². The molecule has 0 aliphatic carbocycles. The predicted octanol–water partition coefficient (Wildman–Crippen LogP) is 2.01.